The van der Waals surface area contributed by atoms with E-state index in [9.17, 15) is 9.90 Å². The smallest absolute Gasteiger partial charge is 0.237 e. The summed E-state index contributed by atoms with van der Waals surface area (Å²) in [6.07, 6.45) is 4.25. The summed E-state index contributed by atoms with van der Waals surface area (Å²) in [4.78, 5) is 16.7. The first-order chi connectivity index (χ1) is 10.3. The standard InChI is InChI=1S/C17H24N2O2/c20-13-16-7-3-4-9-18(16)12-17(21)19-10-8-14-5-1-2-6-15(14)11-19/h1-2,5-6,16,20H,3-4,7-13H2. The van der Waals surface area contributed by atoms with E-state index >= 15 is 0 Å². The van der Waals surface area contributed by atoms with Gasteiger partial charge in [0.1, 0.15) is 0 Å². The van der Waals surface area contributed by atoms with Crippen LogP contribution in [0.15, 0.2) is 24.3 Å². The average Bonchev–Trinajstić information content (AvgIpc) is 2.55. The van der Waals surface area contributed by atoms with Gasteiger partial charge in [0.15, 0.2) is 0 Å². The first kappa shape index (κ1) is 14.5. The van der Waals surface area contributed by atoms with Crippen LogP contribution >= 0.6 is 0 Å². The quantitative estimate of drug-likeness (QED) is 0.915. The molecule has 1 saturated heterocycles. The van der Waals surface area contributed by atoms with E-state index in [2.05, 4.69) is 23.1 Å². The van der Waals surface area contributed by atoms with Crippen molar-refractivity contribution < 1.29 is 9.90 Å². The second kappa shape index (κ2) is 6.58. The molecule has 3 rings (SSSR count). The number of likely N-dealkylation sites (tertiary alicyclic amines) is 1. The number of piperidine rings is 1. The Bertz CT molecular complexity index is 503. The predicted molar refractivity (Wildman–Crippen MR) is 81.9 cm³/mol. The van der Waals surface area contributed by atoms with Crippen LogP contribution in [0.2, 0.25) is 0 Å². The normalized spacial score (nSPS) is 22.9. The second-order valence-electron chi connectivity index (χ2n) is 6.14. The van der Waals surface area contributed by atoms with Gasteiger partial charge in [0, 0.05) is 19.1 Å². The highest BCUT2D eigenvalue weighted by molar-refractivity contribution is 5.78. The molecule has 1 atom stereocenters. The largest absolute Gasteiger partial charge is 0.395 e. The lowest BCUT2D eigenvalue weighted by molar-refractivity contribution is -0.134. The van der Waals surface area contributed by atoms with Crippen molar-refractivity contribution in [2.24, 2.45) is 0 Å². The number of fused-ring (bicyclic) bond motifs is 1. The first-order valence-corrected chi connectivity index (χ1v) is 7.97. The number of rotatable bonds is 3. The molecular formula is C17H24N2O2. The number of benzene rings is 1. The van der Waals surface area contributed by atoms with Crippen LogP contribution in [0.1, 0.15) is 30.4 Å². The summed E-state index contributed by atoms with van der Waals surface area (Å²) >= 11 is 0. The van der Waals surface area contributed by atoms with Gasteiger partial charge < -0.3 is 10.0 Å². The molecule has 0 bridgehead atoms. The van der Waals surface area contributed by atoms with E-state index in [0.717, 1.165) is 45.3 Å². The van der Waals surface area contributed by atoms with Crippen molar-refractivity contribution in [2.75, 3.05) is 26.2 Å². The number of hydrogen-bond acceptors (Lipinski definition) is 3. The Morgan fingerprint density at radius 2 is 2.00 bits per heavy atom. The fourth-order valence-corrected chi connectivity index (χ4v) is 3.46. The maximum atomic E-state index is 12.5. The monoisotopic (exact) mass is 288 g/mol. The van der Waals surface area contributed by atoms with Crippen LogP contribution in [0.4, 0.5) is 0 Å². The number of carbonyl (C=O) groups is 1. The summed E-state index contributed by atoms with van der Waals surface area (Å²) < 4.78 is 0. The number of aliphatic hydroxyl groups is 1. The average molecular weight is 288 g/mol. The van der Waals surface area contributed by atoms with Crippen molar-refractivity contribution >= 4 is 5.91 Å². The Kier molecular flexibility index (Phi) is 4.56. The molecule has 2 aliphatic heterocycles. The zero-order valence-electron chi connectivity index (χ0n) is 12.5. The molecule has 1 N–H and O–H groups in total. The molecule has 1 unspecified atom stereocenters. The minimum Gasteiger partial charge on any atom is -0.395 e. The summed E-state index contributed by atoms with van der Waals surface area (Å²) in [5.41, 5.74) is 2.64. The molecule has 0 spiro atoms. The highest BCUT2D eigenvalue weighted by Gasteiger charge is 2.27. The SMILES string of the molecule is O=C(CN1CCCCC1CO)N1CCc2ccccc2C1. The third-order valence-corrected chi connectivity index (χ3v) is 4.78. The van der Waals surface area contributed by atoms with Gasteiger partial charge in [-0.05, 0) is 36.9 Å². The second-order valence-corrected chi connectivity index (χ2v) is 6.14. The van der Waals surface area contributed by atoms with Crippen molar-refractivity contribution in [2.45, 2.75) is 38.3 Å². The molecule has 1 fully saturated rings. The van der Waals surface area contributed by atoms with Gasteiger partial charge in [-0.25, -0.2) is 0 Å². The van der Waals surface area contributed by atoms with Gasteiger partial charge >= 0.3 is 0 Å². The van der Waals surface area contributed by atoms with Crippen LogP contribution in [-0.2, 0) is 17.8 Å². The zero-order valence-corrected chi connectivity index (χ0v) is 12.5. The minimum absolute atomic E-state index is 0.163. The Morgan fingerprint density at radius 3 is 2.81 bits per heavy atom. The van der Waals surface area contributed by atoms with E-state index in [1.165, 1.54) is 11.1 Å². The Balaban J connectivity index is 1.61. The predicted octanol–water partition coefficient (Wildman–Crippen LogP) is 1.42. The number of nitrogens with zero attached hydrogens (tertiary/aromatic N) is 2. The maximum Gasteiger partial charge on any atom is 0.237 e. The van der Waals surface area contributed by atoms with Gasteiger partial charge in [-0.2, -0.15) is 0 Å². The first-order valence-electron chi connectivity index (χ1n) is 7.97. The lowest BCUT2D eigenvalue weighted by Gasteiger charge is -2.36. The number of amides is 1. The summed E-state index contributed by atoms with van der Waals surface area (Å²) in [5.74, 6) is 0.199. The van der Waals surface area contributed by atoms with Crippen molar-refractivity contribution in [3.63, 3.8) is 0 Å². The van der Waals surface area contributed by atoms with E-state index in [1.807, 2.05) is 11.0 Å². The van der Waals surface area contributed by atoms with Gasteiger partial charge in [-0.15, -0.1) is 0 Å². The Hall–Kier alpha value is -1.39. The molecule has 2 heterocycles. The summed E-state index contributed by atoms with van der Waals surface area (Å²) in [6, 6.07) is 8.55. The summed E-state index contributed by atoms with van der Waals surface area (Å²) in [6.45, 7) is 3.09. The number of carbonyl (C=O) groups excluding carboxylic acids is 1. The molecule has 1 aromatic rings. The molecule has 0 radical (unpaired) electrons. The van der Waals surface area contributed by atoms with Gasteiger partial charge in [-0.3, -0.25) is 9.69 Å². The van der Waals surface area contributed by atoms with Crippen LogP contribution in [0, 0.1) is 0 Å². The van der Waals surface area contributed by atoms with Crippen LogP contribution < -0.4 is 0 Å². The minimum atomic E-state index is 0.163. The highest BCUT2D eigenvalue weighted by Crippen LogP contribution is 2.20. The van der Waals surface area contributed by atoms with Crippen LogP contribution in [0.5, 0.6) is 0 Å². The van der Waals surface area contributed by atoms with Crippen molar-refractivity contribution in [1.29, 1.82) is 0 Å². The van der Waals surface area contributed by atoms with Crippen LogP contribution in [0.3, 0.4) is 0 Å². The zero-order chi connectivity index (χ0) is 14.7. The fraction of sp³-hybridized carbons (Fsp3) is 0.588. The van der Waals surface area contributed by atoms with E-state index < -0.39 is 0 Å². The van der Waals surface area contributed by atoms with Gasteiger partial charge in [-0.1, -0.05) is 30.7 Å². The summed E-state index contributed by atoms with van der Waals surface area (Å²) in [7, 11) is 0. The van der Waals surface area contributed by atoms with Crippen molar-refractivity contribution in [1.82, 2.24) is 9.80 Å². The molecule has 4 heteroatoms. The Labute approximate surface area is 126 Å². The molecule has 1 aromatic carbocycles. The van der Waals surface area contributed by atoms with E-state index in [4.69, 9.17) is 0 Å². The van der Waals surface area contributed by atoms with E-state index in [-0.39, 0.29) is 18.6 Å². The molecule has 21 heavy (non-hydrogen) atoms. The van der Waals surface area contributed by atoms with E-state index in [1.54, 1.807) is 0 Å². The molecule has 2 aliphatic rings. The molecular weight excluding hydrogens is 264 g/mol. The van der Waals surface area contributed by atoms with Crippen LogP contribution in [-0.4, -0.2) is 53.1 Å². The molecule has 0 aliphatic carbocycles. The van der Waals surface area contributed by atoms with Crippen molar-refractivity contribution in [3.8, 4) is 0 Å². The van der Waals surface area contributed by atoms with Crippen molar-refractivity contribution in [3.05, 3.63) is 35.4 Å². The molecule has 0 saturated carbocycles. The fourth-order valence-electron chi connectivity index (χ4n) is 3.46. The third kappa shape index (κ3) is 3.27. The third-order valence-electron chi connectivity index (χ3n) is 4.78. The van der Waals surface area contributed by atoms with Gasteiger partial charge in [0.2, 0.25) is 5.91 Å². The molecule has 114 valence electrons. The topological polar surface area (TPSA) is 43.8 Å². The van der Waals surface area contributed by atoms with Crippen LogP contribution in [0.25, 0.3) is 0 Å². The highest BCUT2D eigenvalue weighted by atomic mass is 16.3. The number of hydrogen-bond donors (Lipinski definition) is 1. The molecule has 1 amide bonds. The number of aliphatic hydroxyl groups excluding tert-OH is 1. The lowest BCUT2D eigenvalue weighted by Crippen LogP contribution is -2.48. The lowest BCUT2D eigenvalue weighted by atomic mass is 9.99. The maximum absolute atomic E-state index is 12.5. The molecule has 0 aromatic heterocycles. The van der Waals surface area contributed by atoms with E-state index in [0.29, 0.717) is 6.54 Å². The van der Waals surface area contributed by atoms with Gasteiger partial charge in [0.05, 0.1) is 13.2 Å². The molecule has 4 nitrogen and oxygen atoms in total. The van der Waals surface area contributed by atoms with Gasteiger partial charge in [0.25, 0.3) is 0 Å². The summed E-state index contributed by atoms with van der Waals surface area (Å²) in [5, 5.41) is 9.45. The Morgan fingerprint density at radius 1 is 1.19 bits per heavy atom.